The van der Waals surface area contributed by atoms with E-state index in [1.54, 1.807) is 0 Å². The lowest BCUT2D eigenvalue weighted by atomic mass is 10.2. The highest BCUT2D eigenvalue weighted by Gasteiger charge is 2.27. The second-order valence-electron chi connectivity index (χ2n) is 4.96. The van der Waals surface area contributed by atoms with Gasteiger partial charge in [0, 0.05) is 0 Å². The third-order valence-corrected chi connectivity index (χ3v) is 4.31. The van der Waals surface area contributed by atoms with Gasteiger partial charge in [0.2, 0.25) is 0 Å². The number of phosphoric ester groups is 2. The third kappa shape index (κ3) is 11.1. The molecule has 0 aliphatic rings. The van der Waals surface area contributed by atoms with Crippen LogP contribution in [0.5, 0.6) is 0 Å². The van der Waals surface area contributed by atoms with Gasteiger partial charge >= 0.3 is 0 Å². The molecular formula is C11H21O10P2-2. The van der Waals surface area contributed by atoms with Gasteiger partial charge in [-0.2, -0.15) is 0 Å². The minimum atomic E-state index is -4.81. The van der Waals surface area contributed by atoms with Gasteiger partial charge in [-0.3, -0.25) is 9.13 Å². The summed E-state index contributed by atoms with van der Waals surface area (Å²) in [6.07, 6.45) is -3.97. The molecule has 0 aromatic rings. The molecule has 2 unspecified atom stereocenters. The first-order valence-electron chi connectivity index (χ1n) is 6.67. The maximum Gasteiger partial charge on any atom is 0.268 e. The Morgan fingerprint density at radius 3 is 1.91 bits per heavy atom. The Bertz CT molecular complexity index is 452. The van der Waals surface area contributed by atoms with E-state index in [0.29, 0.717) is 6.42 Å². The lowest BCUT2D eigenvalue weighted by molar-refractivity contribution is -0.237. The van der Waals surface area contributed by atoms with E-state index < -0.39 is 46.7 Å². The Morgan fingerprint density at radius 2 is 1.48 bits per heavy atom. The predicted octanol–water partition coefficient (Wildman–Crippen LogP) is -0.0609. The van der Waals surface area contributed by atoms with Crippen molar-refractivity contribution >= 4 is 21.9 Å². The minimum absolute atomic E-state index is 0.185. The normalized spacial score (nSPS) is 20.0. The maximum absolute atomic E-state index is 11.5. The molecule has 1 radical (unpaired) electrons. The quantitative estimate of drug-likeness (QED) is 0.362. The molecule has 0 saturated heterocycles. The molecule has 0 saturated carbocycles. The van der Waals surface area contributed by atoms with E-state index in [-0.39, 0.29) is 6.29 Å². The first-order valence-corrected chi connectivity index (χ1v) is 9.59. The van der Waals surface area contributed by atoms with Gasteiger partial charge in [-0.15, -0.1) is 0 Å². The summed E-state index contributed by atoms with van der Waals surface area (Å²) in [5, 5.41) is 9.76. The molecule has 0 heterocycles. The zero-order valence-corrected chi connectivity index (χ0v) is 15.0. The zero-order chi connectivity index (χ0) is 18.3. The fourth-order valence-corrected chi connectivity index (χ4v) is 3.28. The Balaban J connectivity index is 4.74. The van der Waals surface area contributed by atoms with Crippen molar-refractivity contribution in [1.82, 2.24) is 0 Å². The number of aldehydes is 1. The number of phosphoric acid groups is 2. The lowest BCUT2D eigenvalue weighted by Crippen LogP contribution is -2.35. The summed E-state index contributed by atoms with van der Waals surface area (Å²) < 4.78 is 40.8. The average Bonchev–Trinajstić information content (AvgIpc) is 2.32. The molecule has 10 nitrogen and oxygen atoms in total. The van der Waals surface area contributed by atoms with Crippen LogP contribution in [0.1, 0.15) is 27.7 Å². The van der Waals surface area contributed by atoms with Crippen molar-refractivity contribution in [2.45, 2.75) is 52.1 Å². The summed E-state index contributed by atoms with van der Waals surface area (Å²) >= 11 is 0. The Kier molecular flexibility index (Phi) is 9.92. The van der Waals surface area contributed by atoms with Crippen LogP contribution in [0.4, 0.5) is 0 Å². The van der Waals surface area contributed by atoms with E-state index in [2.05, 4.69) is 18.1 Å². The van der Waals surface area contributed by atoms with Crippen LogP contribution in [0, 0.1) is 6.42 Å². The summed E-state index contributed by atoms with van der Waals surface area (Å²) in [5.41, 5.74) is 0. The van der Waals surface area contributed by atoms with Crippen molar-refractivity contribution in [3.63, 3.8) is 0 Å². The molecule has 0 bridgehead atoms. The smallest absolute Gasteiger partial charge is 0.268 e. The van der Waals surface area contributed by atoms with Crippen LogP contribution >= 0.6 is 15.6 Å². The molecule has 4 atom stereocenters. The molecule has 0 amide bonds. The van der Waals surface area contributed by atoms with Gasteiger partial charge in [0.1, 0.15) is 18.5 Å². The molecule has 23 heavy (non-hydrogen) atoms. The summed E-state index contributed by atoms with van der Waals surface area (Å²) in [4.78, 5) is 33.4. The van der Waals surface area contributed by atoms with Crippen LogP contribution in [0.3, 0.4) is 0 Å². The van der Waals surface area contributed by atoms with Gasteiger partial charge in [-0.05, 0) is 27.7 Å². The molecule has 0 rings (SSSR count). The first-order chi connectivity index (χ1) is 10.4. The SMILES string of the molecule is CC(C)OP(=O)([O-])OC[C@@H](O)[C@@H]([CH]C=O)OP(=O)([O-])OC(C)C. The summed E-state index contributed by atoms with van der Waals surface area (Å²) in [5.74, 6) is 0. The van der Waals surface area contributed by atoms with Crippen molar-refractivity contribution in [3.8, 4) is 0 Å². The highest BCUT2D eigenvalue weighted by molar-refractivity contribution is 7.46. The Morgan fingerprint density at radius 1 is 1.00 bits per heavy atom. The monoisotopic (exact) mass is 375 g/mol. The number of hydrogen-bond donors (Lipinski definition) is 1. The topological polar surface area (TPSA) is 154 Å². The number of aliphatic hydroxyl groups excluding tert-OH is 1. The van der Waals surface area contributed by atoms with Crippen molar-refractivity contribution in [1.29, 1.82) is 0 Å². The molecule has 0 aliphatic carbocycles. The van der Waals surface area contributed by atoms with Gasteiger partial charge < -0.3 is 37.8 Å². The van der Waals surface area contributed by atoms with Gasteiger partial charge in [-0.25, -0.2) is 0 Å². The van der Waals surface area contributed by atoms with Crippen LogP contribution in [-0.4, -0.2) is 42.4 Å². The molecule has 0 aliphatic heterocycles. The zero-order valence-electron chi connectivity index (χ0n) is 13.2. The van der Waals surface area contributed by atoms with Crippen molar-refractivity contribution in [2.75, 3.05) is 6.61 Å². The van der Waals surface area contributed by atoms with E-state index >= 15 is 0 Å². The molecule has 0 aromatic heterocycles. The molecule has 137 valence electrons. The van der Waals surface area contributed by atoms with Crippen LogP contribution in [0.15, 0.2) is 0 Å². The Hall–Kier alpha value is -0.150. The number of carbonyl (C=O) groups is 1. The molecule has 0 spiro atoms. The molecule has 0 aromatic carbocycles. The van der Waals surface area contributed by atoms with Crippen molar-refractivity contribution < 1.29 is 46.9 Å². The number of carbonyl (C=O) groups excluding carboxylic acids is 1. The maximum atomic E-state index is 11.5. The van der Waals surface area contributed by atoms with Gasteiger partial charge in [0.25, 0.3) is 15.6 Å². The van der Waals surface area contributed by atoms with Crippen LogP contribution in [0.25, 0.3) is 0 Å². The summed E-state index contributed by atoms with van der Waals surface area (Å²) in [7, 11) is -9.49. The summed E-state index contributed by atoms with van der Waals surface area (Å²) in [6.45, 7) is 4.90. The molecular weight excluding hydrogens is 354 g/mol. The molecule has 12 heteroatoms. The first kappa shape index (κ1) is 22.9. The summed E-state index contributed by atoms with van der Waals surface area (Å²) in [6, 6.07) is 0. The molecule has 0 fully saturated rings. The van der Waals surface area contributed by atoms with E-state index in [4.69, 9.17) is 0 Å². The second-order valence-corrected chi connectivity index (χ2v) is 7.64. The highest BCUT2D eigenvalue weighted by Crippen LogP contribution is 2.43. The predicted molar refractivity (Wildman–Crippen MR) is 74.9 cm³/mol. The Labute approximate surface area is 134 Å². The average molecular weight is 375 g/mol. The van der Waals surface area contributed by atoms with Crippen molar-refractivity contribution in [3.05, 3.63) is 6.42 Å². The van der Waals surface area contributed by atoms with Crippen LogP contribution < -0.4 is 9.79 Å². The fraction of sp³-hybridized carbons (Fsp3) is 0.818. The standard InChI is InChI=1S/C11H23O10P2/c1-8(2)19-22(14,15)18-7-10(13)11(5-6-12)21-23(16,17)20-9(3)4/h5-6,8-11,13H,7H2,1-4H3,(H,14,15)(H,16,17)/p-2/t10-,11-/m1/s1. The fourth-order valence-electron chi connectivity index (χ4n) is 1.29. The van der Waals surface area contributed by atoms with Crippen LogP contribution in [-0.2, 0) is 32.0 Å². The van der Waals surface area contributed by atoms with Crippen LogP contribution in [0.2, 0.25) is 0 Å². The van der Waals surface area contributed by atoms with E-state index in [0.717, 1.165) is 0 Å². The van der Waals surface area contributed by atoms with E-state index in [1.807, 2.05) is 0 Å². The second kappa shape index (κ2) is 9.98. The largest absolute Gasteiger partial charge is 0.756 e. The highest BCUT2D eigenvalue weighted by atomic mass is 31.2. The molecule has 1 N–H and O–H groups in total. The van der Waals surface area contributed by atoms with E-state index in [9.17, 15) is 28.8 Å². The lowest BCUT2D eigenvalue weighted by Gasteiger charge is -2.32. The van der Waals surface area contributed by atoms with Gasteiger partial charge in [0.05, 0.1) is 25.2 Å². The van der Waals surface area contributed by atoms with Gasteiger partial charge in [-0.1, -0.05) is 0 Å². The number of aliphatic hydroxyl groups is 1. The number of rotatable bonds is 12. The number of hydrogen-bond acceptors (Lipinski definition) is 10. The van der Waals surface area contributed by atoms with Gasteiger partial charge in [0.15, 0.2) is 0 Å². The van der Waals surface area contributed by atoms with E-state index in [1.165, 1.54) is 27.7 Å². The van der Waals surface area contributed by atoms with Crippen molar-refractivity contribution in [2.24, 2.45) is 0 Å². The third-order valence-electron chi connectivity index (χ3n) is 1.98. The minimum Gasteiger partial charge on any atom is -0.756 e.